The highest BCUT2D eigenvalue weighted by Crippen LogP contribution is 2.39. The van der Waals surface area contributed by atoms with Crippen LogP contribution in [-0.4, -0.2) is 39.7 Å². The van der Waals surface area contributed by atoms with Crippen molar-refractivity contribution in [3.63, 3.8) is 0 Å². The summed E-state index contributed by atoms with van der Waals surface area (Å²) in [6.07, 6.45) is 0.969. The lowest BCUT2D eigenvalue weighted by atomic mass is 10.2. The zero-order valence-corrected chi connectivity index (χ0v) is 14.1. The number of hydrogen-bond acceptors (Lipinski definition) is 8. The first-order chi connectivity index (χ1) is 11.6. The van der Waals surface area contributed by atoms with Crippen LogP contribution < -0.4 is 5.32 Å². The SMILES string of the molecule is N#CC(=CNc1cc(S(=O)(=O)C(F)(F)F)cc(Br)c1O)c1nn[nH]n1. The third-order valence-electron chi connectivity index (χ3n) is 2.73. The van der Waals surface area contributed by atoms with Gasteiger partial charge in [-0.1, -0.05) is 0 Å². The quantitative estimate of drug-likeness (QED) is 0.484. The number of sulfone groups is 1. The number of aromatic amines is 1. The van der Waals surface area contributed by atoms with Gasteiger partial charge in [-0.15, -0.1) is 10.2 Å². The van der Waals surface area contributed by atoms with Crippen LogP contribution in [-0.2, 0) is 9.84 Å². The summed E-state index contributed by atoms with van der Waals surface area (Å²) in [4.78, 5) is -1.10. The summed E-state index contributed by atoms with van der Waals surface area (Å²) in [5.74, 6) is -0.685. The highest BCUT2D eigenvalue weighted by Gasteiger charge is 2.47. The molecule has 14 heteroatoms. The molecule has 0 unspecified atom stereocenters. The number of tetrazole rings is 1. The first kappa shape index (κ1) is 18.7. The molecule has 132 valence electrons. The molecule has 9 nitrogen and oxygen atoms in total. The fraction of sp³-hybridized carbons (Fsp3) is 0.0909. The number of hydrogen-bond donors (Lipinski definition) is 3. The number of halogens is 4. The molecule has 2 rings (SSSR count). The molecule has 0 aliphatic heterocycles. The molecule has 3 N–H and O–H groups in total. The maximum absolute atomic E-state index is 12.7. The Labute approximate surface area is 146 Å². The van der Waals surface area contributed by atoms with Gasteiger partial charge in [-0.05, 0) is 33.3 Å². The number of alkyl halides is 3. The van der Waals surface area contributed by atoms with Crippen LogP contribution in [0.15, 0.2) is 27.7 Å². The number of aromatic hydroxyl groups is 1. The predicted octanol–water partition coefficient (Wildman–Crippen LogP) is 1.94. The second kappa shape index (κ2) is 6.69. The fourth-order valence-corrected chi connectivity index (χ4v) is 2.97. The van der Waals surface area contributed by atoms with Gasteiger partial charge in [-0.2, -0.15) is 23.6 Å². The van der Waals surface area contributed by atoms with E-state index in [9.17, 15) is 26.7 Å². The molecule has 0 aliphatic carbocycles. The van der Waals surface area contributed by atoms with E-state index >= 15 is 0 Å². The summed E-state index contributed by atoms with van der Waals surface area (Å²) in [6, 6.07) is 2.88. The Morgan fingerprint density at radius 2 is 2.12 bits per heavy atom. The number of nitrogens with zero attached hydrogens (tertiary/aromatic N) is 4. The summed E-state index contributed by atoms with van der Waals surface area (Å²) >= 11 is 2.77. The highest BCUT2D eigenvalue weighted by molar-refractivity contribution is 9.10. The van der Waals surface area contributed by atoms with Crippen molar-refractivity contribution < 1.29 is 26.7 Å². The molecular formula is C11H6BrF3N6O3S. The van der Waals surface area contributed by atoms with Gasteiger partial charge in [0.15, 0.2) is 5.75 Å². The number of phenols is 1. The van der Waals surface area contributed by atoms with Crippen molar-refractivity contribution in [3.05, 3.63) is 28.6 Å². The minimum atomic E-state index is -5.63. The van der Waals surface area contributed by atoms with Crippen molar-refractivity contribution in [1.82, 2.24) is 20.6 Å². The van der Waals surface area contributed by atoms with Crippen LogP contribution in [0.2, 0.25) is 0 Å². The van der Waals surface area contributed by atoms with Crippen LogP contribution >= 0.6 is 15.9 Å². The molecule has 0 bridgehead atoms. The summed E-state index contributed by atoms with van der Waals surface area (Å²) in [5, 5.41) is 33.6. The van der Waals surface area contributed by atoms with Gasteiger partial charge in [-0.3, -0.25) is 0 Å². The van der Waals surface area contributed by atoms with Crippen molar-refractivity contribution in [2.75, 3.05) is 5.32 Å². The van der Waals surface area contributed by atoms with E-state index in [2.05, 4.69) is 41.9 Å². The van der Waals surface area contributed by atoms with Crippen LogP contribution in [0.25, 0.3) is 5.57 Å². The van der Waals surface area contributed by atoms with E-state index in [1.807, 2.05) is 0 Å². The number of rotatable bonds is 4. The lowest BCUT2D eigenvalue weighted by Crippen LogP contribution is -2.23. The molecule has 0 radical (unpaired) electrons. The standard InChI is InChI=1S/C11H6BrF3N6O3S/c12-7-1-6(25(23,24)11(13,14)15)2-8(9(7)22)17-4-5(3-16)10-18-20-21-19-10/h1-2,4,17,22H,(H,18,19,20,21). The van der Waals surface area contributed by atoms with Gasteiger partial charge in [0, 0.05) is 6.20 Å². The molecule has 0 amide bonds. The second-order valence-corrected chi connectivity index (χ2v) is 7.10. The number of H-pyrrole nitrogens is 1. The number of anilines is 1. The maximum atomic E-state index is 12.7. The molecule has 0 spiro atoms. The van der Waals surface area contributed by atoms with E-state index in [1.165, 1.54) is 0 Å². The topological polar surface area (TPSA) is 145 Å². The lowest BCUT2D eigenvalue weighted by Gasteiger charge is -2.12. The van der Waals surface area contributed by atoms with Gasteiger partial charge in [-0.25, -0.2) is 8.42 Å². The number of phenolic OH excluding ortho intramolecular Hbond substituents is 1. The van der Waals surface area contributed by atoms with Gasteiger partial charge in [0.2, 0.25) is 5.82 Å². The Morgan fingerprint density at radius 1 is 1.44 bits per heavy atom. The van der Waals surface area contributed by atoms with Crippen molar-refractivity contribution >= 4 is 37.0 Å². The Kier molecular flexibility index (Phi) is 4.99. The zero-order chi connectivity index (χ0) is 18.8. The van der Waals surface area contributed by atoms with Gasteiger partial charge in [0.05, 0.1) is 15.1 Å². The second-order valence-electron chi connectivity index (χ2n) is 4.30. The first-order valence-electron chi connectivity index (χ1n) is 6.02. The molecule has 1 heterocycles. The molecule has 0 fully saturated rings. The van der Waals surface area contributed by atoms with Gasteiger partial charge in [0.25, 0.3) is 9.84 Å². The summed E-state index contributed by atoms with van der Waals surface area (Å²) < 4.78 is 60.7. The Balaban J connectivity index is 2.48. The summed E-state index contributed by atoms with van der Waals surface area (Å²) in [5.41, 5.74) is -6.08. The van der Waals surface area contributed by atoms with Crippen molar-refractivity contribution in [3.8, 4) is 11.8 Å². The number of nitrogens with one attached hydrogen (secondary N) is 2. The predicted molar refractivity (Wildman–Crippen MR) is 80.4 cm³/mol. The number of benzene rings is 1. The molecule has 0 saturated heterocycles. The summed E-state index contributed by atoms with van der Waals surface area (Å²) in [6.45, 7) is 0. The minimum Gasteiger partial charge on any atom is -0.505 e. The molecule has 0 saturated carbocycles. The maximum Gasteiger partial charge on any atom is 0.501 e. The number of aromatic nitrogens is 4. The van der Waals surface area contributed by atoms with Gasteiger partial charge >= 0.3 is 5.51 Å². The van der Waals surface area contributed by atoms with Gasteiger partial charge < -0.3 is 10.4 Å². The van der Waals surface area contributed by atoms with Crippen LogP contribution in [0.1, 0.15) is 5.82 Å². The fourth-order valence-electron chi connectivity index (χ4n) is 1.55. The Hall–Kier alpha value is -2.66. The molecule has 0 aliphatic rings. The smallest absolute Gasteiger partial charge is 0.501 e. The highest BCUT2D eigenvalue weighted by atomic mass is 79.9. The molecule has 1 aromatic heterocycles. The Bertz CT molecular complexity index is 966. The summed E-state index contributed by atoms with van der Waals surface area (Å²) in [7, 11) is -5.63. The third kappa shape index (κ3) is 3.72. The third-order valence-corrected chi connectivity index (χ3v) is 4.80. The molecule has 1 aromatic carbocycles. The average Bonchev–Trinajstić information content (AvgIpc) is 3.04. The molecular weight excluding hydrogens is 433 g/mol. The van der Waals surface area contributed by atoms with E-state index < -0.39 is 31.7 Å². The van der Waals surface area contributed by atoms with Crippen molar-refractivity contribution in [2.24, 2.45) is 0 Å². The van der Waals surface area contributed by atoms with E-state index in [0.29, 0.717) is 12.1 Å². The average molecular weight is 439 g/mol. The normalized spacial score (nSPS) is 12.7. The van der Waals surface area contributed by atoms with Crippen LogP contribution in [0, 0.1) is 11.3 Å². The molecule has 25 heavy (non-hydrogen) atoms. The molecule has 0 atom stereocenters. The molecule has 2 aromatic rings. The number of allylic oxidation sites excluding steroid dienone is 1. The Morgan fingerprint density at radius 3 is 2.64 bits per heavy atom. The first-order valence-corrected chi connectivity index (χ1v) is 8.30. The van der Waals surface area contributed by atoms with Crippen LogP contribution in [0.4, 0.5) is 18.9 Å². The van der Waals surface area contributed by atoms with Crippen LogP contribution in [0.5, 0.6) is 5.75 Å². The zero-order valence-electron chi connectivity index (χ0n) is 11.7. The van der Waals surface area contributed by atoms with E-state index in [0.717, 1.165) is 6.20 Å². The van der Waals surface area contributed by atoms with Crippen LogP contribution in [0.3, 0.4) is 0 Å². The largest absolute Gasteiger partial charge is 0.505 e. The van der Waals surface area contributed by atoms with E-state index in [-0.39, 0.29) is 15.9 Å². The minimum absolute atomic E-state index is 0.118. The van der Waals surface area contributed by atoms with E-state index in [1.54, 1.807) is 6.07 Å². The monoisotopic (exact) mass is 438 g/mol. The van der Waals surface area contributed by atoms with Gasteiger partial charge in [0.1, 0.15) is 11.6 Å². The van der Waals surface area contributed by atoms with E-state index in [4.69, 9.17) is 5.26 Å². The number of nitriles is 1. The lowest BCUT2D eigenvalue weighted by molar-refractivity contribution is -0.0436. The van der Waals surface area contributed by atoms with Crippen molar-refractivity contribution in [1.29, 1.82) is 5.26 Å². The van der Waals surface area contributed by atoms with Crippen molar-refractivity contribution in [2.45, 2.75) is 10.4 Å².